The van der Waals surface area contributed by atoms with Gasteiger partial charge >= 0.3 is 6.03 Å². The Hall–Kier alpha value is -0.800. The van der Waals surface area contributed by atoms with Crippen LogP contribution >= 0.6 is 0 Å². The summed E-state index contributed by atoms with van der Waals surface area (Å²) >= 11 is 0. The number of hydrogen-bond acceptors (Lipinski definition) is 1. The molecule has 1 rings (SSSR count). The number of hydrogen-bond donors (Lipinski definition) is 2. The number of carbonyl (C=O) groups excluding carboxylic acids is 1. The zero-order chi connectivity index (χ0) is 11.1. The van der Waals surface area contributed by atoms with E-state index in [0.29, 0.717) is 0 Å². The van der Waals surface area contributed by atoms with Gasteiger partial charge in [-0.2, -0.15) is 0 Å². The molecule has 2 N–H and O–H groups in total. The molecule has 2 amide bonds. The van der Waals surface area contributed by atoms with Crippen LogP contribution in [0.5, 0.6) is 0 Å². The monoisotopic (exact) mass is 216 g/mol. The molecule has 3 nitrogen and oxygen atoms in total. The topological polar surface area (TPSA) is 41.1 Å². The van der Waals surface area contributed by atoms with E-state index in [4.69, 9.17) is 0 Å². The Balaban J connectivity index is 2.15. The van der Waals surface area contributed by atoms with Gasteiger partial charge in [0.1, 0.15) is 6.67 Å². The third kappa shape index (κ3) is 4.49. The molecule has 0 aromatic carbocycles. The van der Waals surface area contributed by atoms with Crippen LogP contribution in [-0.4, -0.2) is 25.3 Å². The summed E-state index contributed by atoms with van der Waals surface area (Å²) in [5.74, 6) is 0.831. The minimum Gasteiger partial charge on any atom is -0.336 e. The van der Waals surface area contributed by atoms with Crippen LogP contribution in [0.4, 0.5) is 9.18 Å². The van der Waals surface area contributed by atoms with Gasteiger partial charge in [0.2, 0.25) is 0 Å². The van der Waals surface area contributed by atoms with Crippen LogP contribution in [0.1, 0.15) is 39.0 Å². The van der Waals surface area contributed by atoms with Crippen molar-refractivity contribution >= 4 is 6.03 Å². The van der Waals surface area contributed by atoms with Crippen molar-refractivity contribution in [2.45, 2.75) is 45.1 Å². The molecule has 0 aromatic heterocycles. The van der Waals surface area contributed by atoms with Crippen molar-refractivity contribution in [1.82, 2.24) is 10.6 Å². The SMILES string of the molecule is CCC1CCC(NC(=O)NCCF)CC1. The zero-order valence-corrected chi connectivity index (χ0v) is 9.39. The lowest BCUT2D eigenvalue weighted by molar-refractivity contribution is 0.225. The summed E-state index contributed by atoms with van der Waals surface area (Å²) in [6, 6.07) is 0.0556. The molecule has 0 aliphatic heterocycles. The average molecular weight is 216 g/mol. The first-order valence-corrected chi connectivity index (χ1v) is 5.86. The van der Waals surface area contributed by atoms with Gasteiger partial charge in [0, 0.05) is 12.6 Å². The lowest BCUT2D eigenvalue weighted by atomic mass is 9.85. The normalized spacial score (nSPS) is 26.0. The Morgan fingerprint density at radius 3 is 2.53 bits per heavy atom. The fraction of sp³-hybridized carbons (Fsp3) is 0.909. The molecule has 88 valence electrons. The molecular weight excluding hydrogens is 195 g/mol. The molecule has 0 radical (unpaired) electrons. The number of alkyl halides is 1. The molecule has 0 aromatic rings. The van der Waals surface area contributed by atoms with Crippen molar-refractivity contribution in [3.8, 4) is 0 Å². The molecule has 0 spiro atoms. The van der Waals surface area contributed by atoms with Gasteiger partial charge in [0.15, 0.2) is 0 Å². The molecular formula is C11H21FN2O. The van der Waals surface area contributed by atoms with E-state index in [2.05, 4.69) is 17.6 Å². The Kier molecular flexibility index (Phi) is 5.43. The Labute approximate surface area is 90.8 Å². The highest BCUT2D eigenvalue weighted by molar-refractivity contribution is 5.74. The summed E-state index contributed by atoms with van der Waals surface area (Å²) < 4.78 is 11.8. The summed E-state index contributed by atoms with van der Waals surface area (Å²) in [6.45, 7) is 1.82. The fourth-order valence-electron chi connectivity index (χ4n) is 2.11. The van der Waals surface area contributed by atoms with Gasteiger partial charge in [-0.05, 0) is 31.6 Å². The maximum Gasteiger partial charge on any atom is 0.315 e. The predicted molar refractivity (Wildman–Crippen MR) is 58.5 cm³/mol. The highest BCUT2D eigenvalue weighted by Crippen LogP contribution is 2.26. The van der Waals surface area contributed by atoms with Crippen LogP contribution in [0, 0.1) is 5.92 Å². The van der Waals surface area contributed by atoms with Crippen LogP contribution in [0.3, 0.4) is 0 Å². The van der Waals surface area contributed by atoms with Gasteiger partial charge in [-0.1, -0.05) is 13.3 Å². The largest absolute Gasteiger partial charge is 0.336 e. The number of rotatable bonds is 4. The summed E-state index contributed by atoms with van der Waals surface area (Å²) in [5, 5.41) is 5.36. The summed E-state index contributed by atoms with van der Waals surface area (Å²) in [4.78, 5) is 11.2. The lowest BCUT2D eigenvalue weighted by Crippen LogP contribution is -2.44. The van der Waals surface area contributed by atoms with Crippen LogP contribution < -0.4 is 10.6 Å². The predicted octanol–water partition coefficient (Wildman–Crippen LogP) is 2.22. The van der Waals surface area contributed by atoms with Crippen molar-refractivity contribution in [2.75, 3.05) is 13.2 Å². The quantitative estimate of drug-likeness (QED) is 0.743. The van der Waals surface area contributed by atoms with Crippen LogP contribution in [-0.2, 0) is 0 Å². The first-order valence-electron chi connectivity index (χ1n) is 5.86. The molecule has 0 bridgehead atoms. The molecule has 1 aliphatic carbocycles. The number of carbonyl (C=O) groups is 1. The van der Waals surface area contributed by atoms with E-state index in [9.17, 15) is 9.18 Å². The van der Waals surface area contributed by atoms with E-state index < -0.39 is 6.67 Å². The number of halogens is 1. The number of amides is 2. The van der Waals surface area contributed by atoms with E-state index in [1.807, 2.05) is 0 Å². The standard InChI is InChI=1S/C11H21FN2O/c1-2-9-3-5-10(6-4-9)14-11(15)13-8-7-12/h9-10H,2-8H2,1H3,(H2,13,14,15). The molecule has 0 unspecified atom stereocenters. The van der Waals surface area contributed by atoms with Crippen molar-refractivity contribution in [1.29, 1.82) is 0 Å². The molecule has 15 heavy (non-hydrogen) atoms. The maximum atomic E-state index is 11.8. The van der Waals surface area contributed by atoms with Gasteiger partial charge in [-0.25, -0.2) is 9.18 Å². The highest BCUT2D eigenvalue weighted by atomic mass is 19.1. The van der Waals surface area contributed by atoms with Crippen molar-refractivity contribution in [2.24, 2.45) is 5.92 Å². The Bertz CT molecular complexity index is 191. The second-order valence-corrected chi connectivity index (χ2v) is 4.22. The van der Waals surface area contributed by atoms with Crippen LogP contribution in [0.15, 0.2) is 0 Å². The van der Waals surface area contributed by atoms with E-state index in [-0.39, 0.29) is 18.6 Å². The van der Waals surface area contributed by atoms with Crippen LogP contribution in [0.2, 0.25) is 0 Å². The van der Waals surface area contributed by atoms with Crippen LogP contribution in [0.25, 0.3) is 0 Å². The van der Waals surface area contributed by atoms with Gasteiger partial charge in [-0.3, -0.25) is 0 Å². The third-order valence-corrected chi connectivity index (χ3v) is 3.14. The molecule has 1 aliphatic rings. The van der Waals surface area contributed by atoms with Gasteiger partial charge < -0.3 is 10.6 Å². The fourth-order valence-corrected chi connectivity index (χ4v) is 2.11. The second-order valence-electron chi connectivity index (χ2n) is 4.22. The highest BCUT2D eigenvalue weighted by Gasteiger charge is 2.20. The Morgan fingerprint density at radius 1 is 1.33 bits per heavy atom. The molecule has 4 heteroatoms. The van der Waals surface area contributed by atoms with Crippen molar-refractivity contribution in [3.05, 3.63) is 0 Å². The third-order valence-electron chi connectivity index (χ3n) is 3.14. The smallest absolute Gasteiger partial charge is 0.315 e. The molecule has 0 heterocycles. The first kappa shape index (κ1) is 12.3. The summed E-state index contributed by atoms with van der Waals surface area (Å²) in [5.41, 5.74) is 0. The summed E-state index contributed by atoms with van der Waals surface area (Å²) in [6.07, 6.45) is 5.75. The zero-order valence-electron chi connectivity index (χ0n) is 9.39. The van der Waals surface area contributed by atoms with Gasteiger partial charge in [0.25, 0.3) is 0 Å². The van der Waals surface area contributed by atoms with Crippen molar-refractivity contribution < 1.29 is 9.18 Å². The van der Waals surface area contributed by atoms with Gasteiger partial charge in [0.05, 0.1) is 0 Å². The minimum absolute atomic E-state index is 0.107. The van der Waals surface area contributed by atoms with E-state index in [1.165, 1.54) is 19.3 Å². The molecule has 0 saturated heterocycles. The van der Waals surface area contributed by atoms with Gasteiger partial charge in [-0.15, -0.1) is 0 Å². The first-order chi connectivity index (χ1) is 7.26. The average Bonchev–Trinajstić information content (AvgIpc) is 2.27. The number of urea groups is 1. The minimum atomic E-state index is -0.504. The lowest BCUT2D eigenvalue weighted by Gasteiger charge is -2.28. The van der Waals surface area contributed by atoms with E-state index in [1.54, 1.807) is 0 Å². The number of nitrogens with one attached hydrogen (secondary N) is 2. The second kappa shape index (κ2) is 6.64. The van der Waals surface area contributed by atoms with E-state index in [0.717, 1.165) is 18.8 Å². The Morgan fingerprint density at radius 2 is 2.00 bits per heavy atom. The maximum absolute atomic E-state index is 11.8. The molecule has 1 saturated carbocycles. The van der Waals surface area contributed by atoms with E-state index >= 15 is 0 Å². The van der Waals surface area contributed by atoms with Crippen molar-refractivity contribution in [3.63, 3.8) is 0 Å². The summed E-state index contributed by atoms with van der Waals surface area (Å²) in [7, 11) is 0. The molecule has 1 fully saturated rings. The molecule has 0 atom stereocenters.